The summed E-state index contributed by atoms with van der Waals surface area (Å²) in [4.78, 5) is 23.9. The van der Waals surface area contributed by atoms with Crippen LogP contribution in [0.5, 0.6) is 0 Å². The predicted octanol–water partition coefficient (Wildman–Crippen LogP) is 2.85. The number of anilines is 1. The summed E-state index contributed by atoms with van der Waals surface area (Å²) in [7, 11) is 0. The van der Waals surface area contributed by atoms with Gasteiger partial charge in [-0.2, -0.15) is 0 Å². The molecule has 0 aromatic heterocycles. The number of carbonyl (C=O) groups excluding carboxylic acids is 2. The van der Waals surface area contributed by atoms with Crippen LogP contribution in [0.4, 0.5) is 5.69 Å². The summed E-state index contributed by atoms with van der Waals surface area (Å²) in [5, 5.41) is 9.19. The number of carbonyl (C=O) groups is 2. The van der Waals surface area contributed by atoms with Gasteiger partial charge in [0.1, 0.15) is 0 Å². The molecular formula is C18H28ClN3O2. The molecule has 0 aliphatic carbocycles. The maximum absolute atomic E-state index is 11.9. The average Bonchev–Trinajstić information content (AvgIpc) is 3.05. The predicted molar refractivity (Wildman–Crippen MR) is 99.3 cm³/mol. The third-order valence-electron chi connectivity index (χ3n) is 4.34. The van der Waals surface area contributed by atoms with Crippen molar-refractivity contribution in [2.75, 3.05) is 11.9 Å². The molecule has 2 rings (SSSR count). The van der Waals surface area contributed by atoms with Gasteiger partial charge in [-0.05, 0) is 43.5 Å². The molecule has 0 bridgehead atoms. The first kappa shape index (κ1) is 20.5. The Morgan fingerprint density at radius 1 is 1.38 bits per heavy atom. The summed E-state index contributed by atoms with van der Waals surface area (Å²) in [6, 6.07) is 7.94. The van der Waals surface area contributed by atoms with E-state index in [0.29, 0.717) is 19.0 Å². The molecular weight excluding hydrogens is 326 g/mol. The Morgan fingerprint density at radius 3 is 2.83 bits per heavy atom. The van der Waals surface area contributed by atoms with E-state index in [4.69, 9.17) is 0 Å². The van der Waals surface area contributed by atoms with Gasteiger partial charge in [0.15, 0.2) is 0 Å². The van der Waals surface area contributed by atoms with E-state index in [0.717, 1.165) is 37.1 Å². The fourth-order valence-corrected chi connectivity index (χ4v) is 2.64. The molecule has 1 fully saturated rings. The molecule has 134 valence electrons. The van der Waals surface area contributed by atoms with E-state index in [1.807, 2.05) is 38.1 Å². The van der Waals surface area contributed by atoms with Crippen LogP contribution in [-0.2, 0) is 16.1 Å². The van der Waals surface area contributed by atoms with Gasteiger partial charge in [-0.15, -0.1) is 12.4 Å². The second-order valence-corrected chi connectivity index (χ2v) is 6.27. The van der Waals surface area contributed by atoms with Gasteiger partial charge in [0.05, 0.1) is 0 Å². The Kier molecular flexibility index (Phi) is 8.79. The van der Waals surface area contributed by atoms with Gasteiger partial charge in [0.25, 0.3) is 0 Å². The number of benzene rings is 1. The smallest absolute Gasteiger partial charge is 0.227 e. The van der Waals surface area contributed by atoms with E-state index in [1.54, 1.807) is 0 Å². The molecule has 6 heteroatoms. The molecule has 1 aromatic carbocycles. The van der Waals surface area contributed by atoms with Crippen LogP contribution in [0.15, 0.2) is 24.3 Å². The van der Waals surface area contributed by atoms with Crippen LogP contribution in [-0.4, -0.2) is 24.4 Å². The van der Waals surface area contributed by atoms with E-state index in [1.165, 1.54) is 0 Å². The Morgan fingerprint density at radius 2 is 2.17 bits per heavy atom. The van der Waals surface area contributed by atoms with Crippen LogP contribution >= 0.6 is 12.4 Å². The topological polar surface area (TPSA) is 70.2 Å². The zero-order valence-corrected chi connectivity index (χ0v) is 15.2. The first-order valence-electron chi connectivity index (χ1n) is 8.48. The van der Waals surface area contributed by atoms with E-state index in [9.17, 15) is 9.59 Å². The molecule has 0 saturated carbocycles. The molecule has 1 saturated heterocycles. The van der Waals surface area contributed by atoms with Crippen LogP contribution in [0.1, 0.15) is 45.1 Å². The minimum atomic E-state index is -0.00253. The highest BCUT2D eigenvalue weighted by molar-refractivity contribution is 5.92. The maximum atomic E-state index is 11.9. The average molecular weight is 354 g/mol. The summed E-state index contributed by atoms with van der Waals surface area (Å²) in [5.74, 6) is 0.0942. The van der Waals surface area contributed by atoms with Crippen molar-refractivity contribution in [1.29, 1.82) is 0 Å². The molecule has 24 heavy (non-hydrogen) atoms. The van der Waals surface area contributed by atoms with E-state index in [-0.39, 0.29) is 30.1 Å². The lowest BCUT2D eigenvalue weighted by Crippen LogP contribution is -2.31. The van der Waals surface area contributed by atoms with Crippen LogP contribution in [0.3, 0.4) is 0 Å². The molecule has 1 aliphatic heterocycles. The van der Waals surface area contributed by atoms with Crippen molar-refractivity contribution in [2.45, 2.75) is 52.1 Å². The van der Waals surface area contributed by atoms with Crippen molar-refractivity contribution < 1.29 is 9.59 Å². The van der Waals surface area contributed by atoms with Crippen molar-refractivity contribution in [3.05, 3.63) is 29.8 Å². The van der Waals surface area contributed by atoms with Crippen molar-refractivity contribution in [1.82, 2.24) is 10.6 Å². The third kappa shape index (κ3) is 6.49. The monoisotopic (exact) mass is 353 g/mol. The van der Waals surface area contributed by atoms with Crippen molar-refractivity contribution in [3.8, 4) is 0 Å². The highest BCUT2D eigenvalue weighted by Crippen LogP contribution is 2.13. The Hall–Kier alpha value is -1.59. The van der Waals surface area contributed by atoms with Crippen molar-refractivity contribution in [2.24, 2.45) is 5.92 Å². The molecule has 1 heterocycles. The number of hydrogen-bond acceptors (Lipinski definition) is 3. The standard InChI is InChI=1S/C18H27N3O2.ClH/c1-3-13(2)18(23)21-16-7-4-6-14(10-16)12-20-17(22)11-15-8-5-9-19-15;/h4,6-7,10,13,15,19H,3,5,8-9,11-12H2,1-2H3,(H,20,22)(H,21,23);1H. The molecule has 2 amide bonds. The van der Waals surface area contributed by atoms with Gasteiger partial charge in [-0.3, -0.25) is 9.59 Å². The molecule has 2 unspecified atom stereocenters. The first-order valence-corrected chi connectivity index (χ1v) is 8.48. The number of halogens is 1. The Bertz CT molecular complexity index is 545. The van der Waals surface area contributed by atoms with Gasteiger partial charge >= 0.3 is 0 Å². The molecule has 1 aliphatic rings. The lowest BCUT2D eigenvalue weighted by molar-refractivity contribution is -0.121. The second-order valence-electron chi connectivity index (χ2n) is 6.27. The molecule has 5 nitrogen and oxygen atoms in total. The van der Waals surface area contributed by atoms with Crippen LogP contribution in [0.25, 0.3) is 0 Å². The summed E-state index contributed by atoms with van der Waals surface area (Å²) in [6.07, 6.45) is 3.57. The zero-order valence-electron chi connectivity index (χ0n) is 14.4. The molecule has 0 radical (unpaired) electrons. The summed E-state index contributed by atoms with van der Waals surface area (Å²) in [6.45, 7) is 5.40. The lowest BCUT2D eigenvalue weighted by atomic mass is 10.1. The van der Waals surface area contributed by atoms with Gasteiger partial charge < -0.3 is 16.0 Å². The highest BCUT2D eigenvalue weighted by atomic mass is 35.5. The van der Waals surface area contributed by atoms with E-state index >= 15 is 0 Å². The number of rotatable bonds is 7. The number of nitrogens with one attached hydrogen (secondary N) is 3. The summed E-state index contributed by atoms with van der Waals surface area (Å²) < 4.78 is 0. The SMILES string of the molecule is CCC(C)C(=O)Nc1cccc(CNC(=O)CC2CCCN2)c1.Cl. The molecule has 0 spiro atoms. The lowest BCUT2D eigenvalue weighted by Gasteiger charge is -2.12. The van der Waals surface area contributed by atoms with Crippen molar-refractivity contribution >= 4 is 29.9 Å². The second kappa shape index (κ2) is 10.3. The Labute approximate surface area is 150 Å². The van der Waals surface area contributed by atoms with Gasteiger partial charge in [0, 0.05) is 30.6 Å². The first-order chi connectivity index (χ1) is 11.1. The molecule has 3 N–H and O–H groups in total. The number of amides is 2. The third-order valence-corrected chi connectivity index (χ3v) is 4.34. The minimum absolute atomic E-state index is 0. The van der Waals surface area contributed by atoms with E-state index < -0.39 is 0 Å². The van der Waals surface area contributed by atoms with Gasteiger partial charge in [0.2, 0.25) is 11.8 Å². The minimum Gasteiger partial charge on any atom is -0.352 e. The quantitative estimate of drug-likeness (QED) is 0.706. The zero-order chi connectivity index (χ0) is 16.7. The van der Waals surface area contributed by atoms with Crippen LogP contribution in [0.2, 0.25) is 0 Å². The molecule has 2 atom stereocenters. The normalized spacial score (nSPS) is 17.7. The largest absolute Gasteiger partial charge is 0.352 e. The summed E-state index contributed by atoms with van der Waals surface area (Å²) in [5.41, 5.74) is 1.76. The van der Waals surface area contributed by atoms with E-state index in [2.05, 4.69) is 16.0 Å². The van der Waals surface area contributed by atoms with Gasteiger partial charge in [-0.1, -0.05) is 26.0 Å². The Balaban J connectivity index is 0.00000288. The fourth-order valence-electron chi connectivity index (χ4n) is 2.64. The maximum Gasteiger partial charge on any atom is 0.227 e. The highest BCUT2D eigenvalue weighted by Gasteiger charge is 2.17. The van der Waals surface area contributed by atoms with Crippen LogP contribution in [0, 0.1) is 5.92 Å². The van der Waals surface area contributed by atoms with Crippen molar-refractivity contribution in [3.63, 3.8) is 0 Å². The van der Waals surface area contributed by atoms with Gasteiger partial charge in [-0.25, -0.2) is 0 Å². The number of hydrogen-bond donors (Lipinski definition) is 3. The molecule has 1 aromatic rings. The fraction of sp³-hybridized carbons (Fsp3) is 0.556. The summed E-state index contributed by atoms with van der Waals surface area (Å²) >= 11 is 0. The van der Waals surface area contributed by atoms with Crippen LogP contribution < -0.4 is 16.0 Å².